The fourth-order valence-corrected chi connectivity index (χ4v) is 1.00. The van der Waals surface area contributed by atoms with Gasteiger partial charge >= 0.3 is 5.97 Å². The van der Waals surface area contributed by atoms with Gasteiger partial charge in [-0.1, -0.05) is 0 Å². The monoisotopic (exact) mass is 251 g/mol. The zero-order valence-corrected chi connectivity index (χ0v) is 8.06. The number of carbonyl (C=O) groups excluding carboxylic acids is 1. The number of rotatable bonds is 3. The van der Waals surface area contributed by atoms with Crippen molar-refractivity contribution in [3.05, 3.63) is 29.3 Å². The Labute approximate surface area is 91.9 Å². The van der Waals surface area contributed by atoms with E-state index in [1.165, 1.54) is 5.32 Å². The minimum atomic E-state index is -1.80. The Kier molecular flexibility index (Phi) is 3.66. The normalized spacial score (nSPS) is 10.1. The van der Waals surface area contributed by atoms with Crippen molar-refractivity contribution in [1.82, 2.24) is 0 Å². The first-order chi connectivity index (χ1) is 7.82. The molecule has 1 amide bonds. The lowest BCUT2D eigenvalue weighted by Gasteiger charge is -2.07. The van der Waals surface area contributed by atoms with Crippen LogP contribution in [0.5, 0.6) is 0 Å². The van der Waals surface area contributed by atoms with Crippen LogP contribution in [0.4, 0.5) is 23.2 Å². The molecule has 0 unspecified atom stereocenters. The van der Waals surface area contributed by atoms with Gasteiger partial charge in [0.2, 0.25) is 5.91 Å². The van der Waals surface area contributed by atoms with Crippen molar-refractivity contribution in [1.29, 1.82) is 0 Å². The molecule has 0 fully saturated rings. The number of amides is 1. The quantitative estimate of drug-likeness (QED) is 0.487. The van der Waals surface area contributed by atoms with Crippen LogP contribution in [0.15, 0.2) is 6.07 Å². The molecular formula is C9H5F4NO3. The minimum absolute atomic E-state index is 0.0302. The van der Waals surface area contributed by atoms with Crippen molar-refractivity contribution >= 4 is 17.6 Å². The summed E-state index contributed by atoms with van der Waals surface area (Å²) in [5.41, 5.74) is -1.35. The molecule has 1 rings (SSSR count). The minimum Gasteiger partial charge on any atom is -0.481 e. The maximum Gasteiger partial charge on any atom is 0.312 e. The van der Waals surface area contributed by atoms with Crippen molar-refractivity contribution in [3.63, 3.8) is 0 Å². The molecule has 4 nitrogen and oxygen atoms in total. The third-order valence-corrected chi connectivity index (χ3v) is 1.69. The molecule has 0 aliphatic carbocycles. The smallest absolute Gasteiger partial charge is 0.312 e. The Hall–Kier alpha value is -2.12. The highest BCUT2D eigenvalue weighted by Gasteiger charge is 2.21. The first-order valence-corrected chi connectivity index (χ1v) is 4.17. The van der Waals surface area contributed by atoms with Crippen LogP contribution in [0.25, 0.3) is 0 Å². The molecule has 92 valence electrons. The Morgan fingerprint density at radius 3 is 2.00 bits per heavy atom. The maximum absolute atomic E-state index is 13.0. The molecule has 0 aliphatic rings. The summed E-state index contributed by atoms with van der Waals surface area (Å²) in [6.07, 6.45) is -1.09. The molecule has 0 radical (unpaired) electrons. The highest BCUT2D eigenvalue weighted by molar-refractivity contribution is 6.01. The van der Waals surface area contributed by atoms with Crippen LogP contribution < -0.4 is 5.32 Å². The Bertz CT molecular complexity index is 463. The van der Waals surface area contributed by atoms with E-state index in [0.717, 1.165) is 0 Å². The van der Waals surface area contributed by atoms with Gasteiger partial charge in [-0.25, -0.2) is 17.6 Å². The summed E-state index contributed by atoms with van der Waals surface area (Å²) >= 11 is 0. The van der Waals surface area contributed by atoms with Gasteiger partial charge < -0.3 is 10.4 Å². The van der Waals surface area contributed by atoms with E-state index in [4.69, 9.17) is 5.11 Å². The Morgan fingerprint density at radius 2 is 1.59 bits per heavy atom. The van der Waals surface area contributed by atoms with Gasteiger partial charge in [0.15, 0.2) is 23.3 Å². The number of carbonyl (C=O) groups is 2. The summed E-state index contributed by atoms with van der Waals surface area (Å²) in [5, 5.41) is 9.65. The molecule has 0 aromatic heterocycles. The predicted octanol–water partition coefficient (Wildman–Crippen LogP) is 1.66. The van der Waals surface area contributed by atoms with Crippen molar-refractivity contribution in [2.24, 2.45) is 0 Å². The number of hydrogen-bond donors (Lipinski definition) is 2. The fraction of sp³-hybridized carbons (Fsp3) is 0.111. The summed E-state index contributed by atoms with van der Waals surface area (Å²) < 4.78 is 51.4. The molecule has 1 aromatic carbocycles. The molecule has 17 heavy (non-hydrogen) atoms. The molecule has 0 heterocycles. The summed E-state index contributed by atoms with van der Waals surface area (Å²) in [6, 6.07) is -0.0302. The lowest BCUT2D eigenvalue weighted by molar-refractivity contribution is -0.139. The van der Waals surface area contributed by atoms with Gasteiger partial charge in [-0.2, -0.15) is 0 Å². The zero-order chi connectivity index (χ0) is 13.2. The molecule has 0 atom stereocenters. The first-order valence-electron chi connectivity index (χ1n) is 4.17. The fourth-order valence-electron chi connectivity index (χ4n) is 1.00. The highest BCUT2D eigenvalue weighted by Crippen LogP contribution is 2.24. The third-order valence-electron chi connectivity index (χ3n) is 1.69. The van der Waals surface area contributed by atoms with E-state index in [1.807, 2.05) is 0 Å². The summed E-state index contributed by atoms with van der Waals surface area (Å²) in [7, 11) is 0. The van der Waals surface area contributed by atoms with Gasteiger partial charge in [0.25, 0.3) is 0 Å². The molecule has 2 N–H and O–H groups in total. The van der Waals surface area contributed by atoms with Crippen LogP contribution in [-0.4, -0.2) is 17.0 Å². The summed E-state index contributed by atoms with van der Waals surface area (Å²) in [6.45, 7) is 0. The van der Waals surface area contributed by atoms with Crippen molar-refractivity contribution < 1.29 is 32.3 Å². The molecular weight excluding hydrogens is 246 g/mol. The van der Waals surface area contributed by atoms with Crippen molar-refractivity contribution in [2.45, 2.75) is 6.42 Å². The van der Waals surface area contributed by atoms with Crippen LogP contribution in [0.1, 0.15) is 6.42 Å². The Morgan fingerprint density at radius 1 is 1.12 bits per heavy atom. The molecule has 1 aromatic rings. The van der Waals surface area contributed by atoms with E-state index in [9.17, 15) is 27.2 Å². The second-order valence-corrected chi connectivity index (χ2v) is 2.96. The van der Waals surface area contributed by atoms with Crippen molar-refractivity contribution in [3.8, 4) is 0 Å². The molecule has 0 aliphatic heterocycles. The third kappa shape index (κ3) is 2.92. The first kappa shape index (κ1) is 12.9. The average Bonchev–Trinajstić information content (AvgIpc) is 2.20. The number of carboxylic acid groups (broad SMARTS) is 1. The van der Waals surface area contributed by atoms with Gasteiger partial charge in [0.1, 0.15) is 12.1 Å². The SMILES string of the molecule is O=C(O)CC(=O)Nc1c(F)c(F)cc(F)c1F. The summed E-state index contributed by atoms with van der Waals surface area (Å²) in [5.74, 6) is -9.87. The van der Waals surface area contributed by atoms with Crippen LogP contribution in [0.2, 0.25) is 0 Å². The average molecular weight is 251 g/mol. The summed E-state index contributed by atoms with van der Waals surface area (Å²) in [4.78, 5) is 21.0. The molecule has 0 saturated carbocycles. The number of aliphatic carboxylic acids is 1. The lowest BCUT2D eigenvalue weighted by Crippen LogP contribution is -2.18. The van der Waals surface area contributed by atoms with E-state index in [2.05, 4.69) is 0 Å². The van der Waals surface area contributed by atoms with Gasteiger partial charge in [-0.3, -0.25) is 9.59 Å². The van der Waals surface area contributed by atoms with Crippen molar-refractivity contribution in [2.75, 3.05) is 5.32 Å². The molecule has 0 saturated heterocycles. The zero-order valence-electron chi connectivity index (χ0n) is 8.06. The number of hydrogen-bond acceptors (Lipinski definition) is 2. The molecule has 8 heteroatoms. The van der Waals surface area contributed by atoms with E-state index < -0.39 is 47.3 Å². The number of benzene rings is 1. The van der Waals surface area contributed by atoms with E-state index in [1.54, 1.807) is 0 Å². The molecule has 0 bridgehead atoms. The van der Waals surface area contributed by atoms with Crippen LogP contribution >= 0.6 is 0 Å². The van der Waals surface area contributed by atoms with E-state index >= 15 is 0 Å². The van der Waals surface area contributed by atoms with Crippen LogP contribution in [0.3, 0.4) is 0 Å². The number of carboxylic acids is 1. The van der Waals surface area contributed by atoms with Gasteiger partial charge in [-0.05, 0) is 0 Å². The number of anilines is 1. The van der Waals surface area contributed by atoms with Crippen LogP contribution in [0, 0.1) is 23.3 Å². The van der Waals surface area contributed by atoms with Crippen LogP contribution in [-0.2, 0) is 9.59 Å². The number of halogens is 4. The maximum atomic E-state index is 13.0. The molecule has 0 spiro atoms. The standard InChI is InChI=1S/C9H5F4NO3/c10-3-1-4(11)8(13)9(7(3)12)14-5(15)2-6(16)17/h1H,2H2,(H,14,15)(H,16,17). The predicted molar refractivity (Wildman–Crippen MR) is 47.2 cm³/mol. The second-order valence-electron chi connectivity index (χ2n) is 2.96. The van der Waals surface area contributed by atoms with E-state index in [-0.39, 0.29) is 6.07 Å². The van der Waals surface area contributed by atoms with Gasteiger partial charge in [0, 0.05) is 6.07 Å². The topological polar surface area (TPSA) is 66.4 Å². The van der Waals surface area contributed by atoms with Gasteiger partial charge in [0.05, 0.1) is 0 Å². The largest absolute Gasteiger partial charge is 0.481 e. The highest BCUT2D eigenvalue weighted by atomic mass is 19.2. The lowest BCUT2D eigenvalue weighted by atomic mass is 10.2. The van der Waals surface area contributed by atoms with Gasteiger partial charge in [-0.15, -0.1) is 0 Å². The number of nitrogens with one attached hydrogen (secondary N) is 1. The Balaban J connectivity index is 3.06. The van der Waals surface area contributed by atoms with E-state index in [0.29, 0.717) is 0 Å². The second kappa shape index (κ2) is 4.81.